The highest BCUT2D eigenvalue weighted by Crippen LogP contribution is 2.62. The van der Waals surface area contributed by atoms with Crippen molar-refractivity contribution in [3.8, 4) is 22.3 Å². The fraction of sp³-hybridized carbons (Fsp3) is 0.314. The third-order valence-corrected chi connectivity index (χ3v) is 8.82. The molecule has 0 aliphatic heterocycles. The summed E-state index contributed by atoms with van der Waals surface area (Å²) in [5.74, 6) is 0. The molecule has 0 unspecified atom stereocenters. The highest BCUT2D eigenvalue weighted by Gasteiger charge is 2.51. The Labute approximate surface area is 222 Å². The van der Waals surface area contributed by atoms with Gasteiger partial charge in [-0.05, 0) is 93.9 Å². The van der Waals surface area contributed by atoms with Crippen LogP contribution in [0.4, 0.5) is 0 Å². The molecule has 188 valence electrons. The lowest BCUT2D eigenvalue weighted by molar-refractivity contribution is 0.296. The average Bonchev–Trinajstić information content (AvgIpc) is 3.41. The van der Waals surface area contributed by atoms with Gasteiger partial charge in [0.25, 0.3) is 0 Å². The number of hydrogen-bond acceptors (Lipinski definition) is 2. The Bertz CT molecular complexity index is 1330. The summed E-state index contributed by atoms with van der Waals surface area (Å²) in [6.45, 7) is 15.3. The van der Waals surface area contributed by atoms with E-state index in [0.717, 1.165) is 39.3 Å². The zero-order valence-electron chi connectivity index (χ0n) is 22.7. The average molecular weight is 487 g/mol. The minimum absolute atomic E-state index is 0.251. The Balaban J connectivity index is 1.61. The van der Waals surface area contributed by atoms with Gasteiger partial charge in [0, 0.05) is 13.1 Å². The van der Waals surface area contributed by atoms with Crippen LogP contribution in [0.25, 0.3) is 22.3 Å². The first kappa shape index (κ1) is 24.2. The van der Waals surface area contributed by atoms with Crippen LogP contribution in [-0.2, 0) is 18.5 Å². The van der Waals surface area contributed by atoms with E-state index in [1.807, 2.05) is 0 Å². The van der Waals surface area contributed by atoms with Crippen molar-refractivity contribution in [3.05, 3.63) is 118 Å². The third kappa shape index (κ3) is 3.61. The molecule has 0 fully saturated rings. The normalized spacial score (nSPS) is 14.2. The first-order chi connectivity index (χ1) is 18.1. The largest absolute Gasteiger partial charge is 0.300 e. The summed E-state index contributed by atoms with van der Waals surface area (Å²) < 4.78 is 0. The SMILES string of the molecule is CCN(CC)Cc1ccc2c(c1)-c1cc(CN(CC)CC)ccc1C21c2ccccc2-c2ccccc21. The van der Waals surface area contributed by atoms with Crippen LogP contribution in [0.3, 0.4) is 0 Å². The molecule has 2 aliphatic carbocycles. The summed E-state index contributed by atoms with van der Waals surface area (Å²) in [6, 6.07) is 32.8. The van der Waals surface area contributed by atoms with E-state index >= 15 is 0 Å². The van der Waals surface area contributed by atoms with Gasteiger partial charge in [0.05, 0.1) is 5.41 Å². The molecule has 0 N–H and O–H groups in total. The smallest absolute Gasteiger partial charge is 0.0725 e. The Hall–Kier alpha value is -3.20. The molecule has 2 nitrogen and oxygen atoms in total. The quantitative estimate of drug-likeness (QED) is 0.217. The molecule has 0 radical (unpaired) electrons. The predicted octanol–water partition coefficient (Wildman–Crippen LogP) is 7.71. The van der Waals surface area contributed by atoms with Gasteiger partial charge in [0.1, 0.15) is 0 Å². The van der Waals surface area contributed by atoms with E-state index in [1.165, 1.54) is 55.6 Å². The van der Waals surface area contributed by atoms with E-state index in [0.29, 0.717) is 0 Å². The van der Waals surface area contributed by atoms with E-state index in [1.54, 1.807) is 0 Å². The van der Waals surface area contributed by atoms with E-state index in [2.05, 4.69) is 122 Å². The third-order valence-electron chi connectivity index (χ3n) is 8.82. The first-order valence-electron chi connectivity index (χ1n) is 14.1. The van der Waals surface area contributed by atoms with E-state index in [4.69, 9.17) is 0 Å². The Morgan fingerprint density at radius 3 is 1.24 bits per heavy atom. The second-order valence-corrected chi connectivity index (χ2v) is 10.5. The summed E-state index contributed by atoms with van der Waals surface area (Å²) in [4.78, 5) is 5.01. The molecule has 4 aromatic rings. The van der Waals surface area contributed by atoms with Gasteiger partial charge < -0.3 is 0 Å². The molecule has 0 bridgehead atoms. The van der Waals surface area contributed by atoms with Crippen molar-refractivity contribution < 1.29 is 0 Å². The molecule has 2 heteroatoms. The predicted molar refractivity (Wildman–Crippen MR) is 156 cm³/mol. The number of rotatable bonds is 8. The van der Waals surface area contributed by atoms with Crippen molar-refractivity contribution in [1.82, 2.24) is 9.80 Å². The van der Waals surface area contributed by atoms with Crippen LogP contribution < -0.4 is 0 Å². The first-order valence-corrected chi connectivity index (χ1v) is 14.1. The second-order valence-electron chi connectivity index (χ2n) is 10.5. The van der Waals surface area contributed by atoms with Gasteiger partial charge in [-0.1, -0.05) is 100 Å². The van der Waals surface area contributed by atoms with Crippen LogP contribution in [0.2, 0.25) is 0 Å². The Morgan fingerprint density at radius 2 is 0.838 bits per heavy atom. The maximum absolute atomic E-state index is 2.50. The minimum Gasteiger partial charge on any atom is -0.300 e. The minimum atomic E-state index is -0.251. The van der Waals surface area contributed by atoms with Crippen molar-refractivity contribution >= 4 is 0 Å². The van der Waals surface area contributed by atoms with Gasteiger partial charge in [-0.3, -0.25) is 9.80 Å². The summed E-state index contributed by atoms with van der Waals surface area (Å²) in [5, 5.41) is 0. The number of hydrogen-bond donors (Lipinski definition) is 0. The van der Waals surface area contributed by atoms with Crippen LogP contribution in [-0.4, -0.2) is 36.0 Å². The highest BCUT2D eigenvalue weighted by atomic mass is 15.1. The van der Waals surface area contributed by atoms with E-state index < -0.39 is 0 Å². The van der Waals surface area contributed by atoms with Crippen molar-refractivity contribution in [2.24, 2.45) is 0 Å². The number of fused-ring (bicyclic) bond motifs is 10. The maximum Gasteiger partial charge on any atom is 0.0725 e. The van der Waals surface area contributed by atoms with Gasteiger partial charge in [-0.25, -0.2) is 0 Å². The van der Waals surface area contributed by atoms with Crippen LogP contribution in [0, 0.1) is 0 Å². The Morgan fingerprint density at radius 1 is 0.459 bits per heavy atom. The molecule has 0 saturated heterocycles. The fourth-order valence-corrected chi connectivity index (χ4v) is 6.85. The molecule has 6 rings (SSSR count). The molecule has 37 heavy (non-hydrogen) atoms. The molecule has 0 saturated carbocycles. The van der Waals surface area contributed by atoms with Crippen molar-refractivity contribution in [2.75, 3.05) is 26.2 Å². The standard InChI is InChI=1S/C35H38N2/c1-5-36(6-2)23-25-17-19-33-29(21-25)30-22-26(24-37(7-3)8-4)18-20-34(30)35(33)31-15-11-9-13-27(31)28-14-10-12-16-32(28)35/h9-22H,5-8,23-24H2,1-4H3. The Kier molecular flexibility index (Phi) is 6.26. The van der Waals surface area contributed by atoms with Crippen LogP contribution in [0.1, 0.15) is 61.1 Å². The van der Waals surface area contributed by atoms with E-state index in [-0.39, 0.29) is 5.41 Å². The number of benzene rings is 4. The van der Waals surface area contributed by atoms with Gasteiger partial charge in [0.15, 0.2) is 0 Å². The van der Waals surface area contributed by atoms with Crippen molar-refractivity contribution in [1.29, 1.82) is 0 Å². The summed E-state index contributed by atoms with van der Waals surface area (Å²) in [7, 11) is 0. The van der Waals surface area contributed by atoms with Gasteiger partial charge >= 0.3 is 0 Å². The van der Waals surface area contributed by atoms with Crippen LogP contribution in [0.5, 0.6) is 0 Å². The molecule has 1 spiro atoms. The lowest BCUT2D eigenvalue weighted by Crippen LogP contribution is -2.26. The van der Waals surface area contributed by atoms with Crippen molar-refractivity contribution in [3.63, 3.8) is 0 Å². The van der Waals surface area contributed by atoms with Crippen LogP contribution in [0.15, 0.2) is 84.9 Å². The molecule has 0 aromatic heterocycles. The lowest BCUT2D eigenvalue weighted by atomic mass is 9.70. The molecular weight excluding hydrogens is 448 g/mol. The van der Waals surface area contributed by atoms with Gasteiger partial charge in [0.2, 0.25) is 0 Å². The summed E-state index contributed by atoms with van der Waals surface area (Å²) in [6.07, 6.45) is 0. The monoisotopic (exact) mass is 486 g/mol. The topological polar surface area (TPSA) is 6.48 Å². The van der Waals surface area contributed by atoms with Crippen molar-refractivity contribution in [2.45, 2.75) is 46.2 Å². The number of nitrogens with zero attached hydrogens (tertiary/aromatic N) is 2. The molecule has 2 aliphatic rings. The van der Waals surface area contributed by atoms with Gasteiger partial charge in [-0.15, -0.1) is 0 Å². The maximum atomic E-state index is 2.50. The zero-order valence-corrected chi connectivity index (χ0v) is 22.7. The lowest BCUT2D eigenvalue weighted by Gasteiger charge is -2.30. The van der Waals surface area contributed by atoms with Gasteiger partial charge in [-0.2, -0.15) is 0 Å². The molecule has 0 heterocycles. The molecule has 0 amide bonds. The fourth-order valence-electron chi connectivity index (χ4n) is 6.85. The van der Waals surface area contributed by atoms with E-state index in [9.17, 15) is 0 Å². The summed E-state index contributed by atoms with van der Waals surface area (Å²) in [5.41, 5.74) is 13.8. The highest BCUT2D eigenvalue weighted by molar-refractivity contribution is 5.95. The molecule has 0 atom stereocenters. The summed E-state index contributed by atoms with van der Waals surface area (Å²) >= 11 is 0. The second kappa shape index (κ2) is 9.59. The zero-order chi connectivity index (χ0) is 25.6. The molecular formula is C35H38N2. The molecule has 4 aromatic carbocycles. The van der Waals surface area contributed by atoms with Crippen LogP contribution >= 0.6 is 0 Å².